The molecule has 1 aliphatic rings. The van der Waals surface area contributed by atoms with E-state index >= 15 is 0 Å². The van der Waals surface area contributed by atoms with Gasteiger partial charge in [-0.15, -0.1) is 0 Å². The number of halogens is 1. The summed E-state index contributed by atoms with van der Waals surface area (Å²) in [4.78, 5) is 4.43. The second-order valence-electron chi connectivity index (χ2n) is 5.82. The number of rotatable bonds is 3. The molecule has 4 nitrogen and oxygen atoms in total. The highest BCUT2D eigenvalue weighted by Gasteiger charge is 2.19. The third-order valence-corrected chi connectivity index (χ3v) is 4.38. The van der Waals surface area contributed by atoms with Crippen LogP contribution in [0.1, 0.15) is 5.56 Å². The molecule has 0 atom stereocenters. The van der Waals surface area contributed by atoms with Gasteiger partial charge in [-0.05, 0) is 43.4 Å². The summed E-state index contributed by atoms with van der Waals surface area (Å²) in [5, 5.41) is 12.7. The first-order valence-corrected chi connectivity index (χ1v) is 8.15. The average Bonchev–Trinajstić information content (AvgIpc) is 2.57. The Hall–Kier alpha value is -2.04. The number of amidine groups is 1. The molecule has 5 heteroatoms. The van der Waals surface area contributed by atoms with Crippen LogP contribution in [0.5, 0.6) is 0 Å². The van der Waals surface area contributed by atoms with Gasteiger partial charge in [0.25, 0.3) is 0 Å². The van der Waals surface area contributed by atoms with Crippen molar-refractivity contribution in [3.05, 3.63) is 59.1 Å². The van der Waals surface area contributed by atoms with Gasteiger partial charge in [0.1, 0.15) is 5.84 Å². The minimum Gasteiger partial charge on any atom is -0.355 e. The Bertz CT molecular complexity index is 676. The number of hydrogen-bond acceptors (Lipinski definition) is 3. The van der Waals surface area contributed by atoms with Gasteiger partial charge in [0.2, 0.25) is 0 Å². The topological polar surface area (TPSA) is 42.4 Å². The predicted molar refractivity (Wildman–Crippen MR) is 97.1 cm³/mol. The summed E-state index contributed by atoms with van der Waals surface area (Å²) in [6.45, 7) is 3.78. The summed E-state index contributed by atoms with van der Waals surface area (Å²) in [6, 6.07) is 15.6. The molecule has 0 aliphatic carbocycles. The molecule has 0 aromatic heterocycles. The number of benzene rings is 2. The van der Waals surface area contributed by atoms with E-state index in [-0.39, 0.29) is 0 Å². The van der Waals surface area contributed by atoms with Gasteiger partial charge in [0, 0.05) is 48.1 Å². The largest absolute Gasteiger partial charge is 0.355 e. The fourth-order valence-corrected chi connectivity index (χ4v) is 2.81. The van der Waals surface area contributed by atoms with E-state index in [0.29, 0.717) is 10.9 Å². The number of nitrogens with zero attached hydrogens (tertiary/aromatic N) is 2. The third-order valence-electron chi connectivity index (χ3n) is 4.12. The lowest BCUT2D eigenvalue weighted by Crippen LogP contribution is -2.47. The van der Waals surface area contributed by atoms with E-state index in [1.54, 1.807) is 0 Å². The Labute approximate surface area is 142 Å². The molecule has 1 aliphatic heterocycles. The second kappa shape index (κ2) is 7.02. The molecule has 3 rings (SSSR count). The number of hydrogen-bond donors (Lipinski definition) is 2. The van der Waals surface area contributed by atoms with Crippen molar-refractivity contribution in [2.45, 2.75) is 0 Å². The molecular weight excluding hydrogens is 308 g/mol. The Balaban J connectivity index is 1.80. The fraction of sp³-hybridized carbons (Fsp3) is 0.278. The number of piperazine rings is 1. The van der Waals surface area contributed by atoms with Gasteiger partial charge in [-0.2, -0.15) is 0 Å². The van der Waals surface area contributed by atoms with Crippen molar-refractivity contribution in [3.8, 4) is 0 Å². The summed E-state index contributed by atoms with van der Waals surface area (Å²) in [5.74, 6) is 0.579. The van der Waals surface area contributed by atoms with E-state index in [2.05, 4.69) is 22.2 Å². The molecule has 2 aromatic rings. The van der Waals surface area contributed by atoms with Crippen molar-refractivity contribution in [1.29, 1.82) is 5.41 Å². The number of para-hydroxylation sites is 1. The van der Waals surface area contributed by atoms with Crippen LogP contribution in [-0.2, 0) is 0 Å². The van der Waals surface area contributed by atoms with Gasteiger partial charge in [-0.25, -0.2) is 0 Å². The summed E-state index contributed by atoms with van der Waals surface area (Å²) in [7, 11) is 2.12. The lowest BCUT2D eigenvalue weighted by Gasteiger charge is -2.34. The van der Waals surface area contributed by atoms with E-state index < -0.39 is 0 Å². The third kappa shape index (κ3) is 3.84. The first-order chi connectivity index (χ1) is 11.1. The maximum Gasteiger partial charge on any atom is 0.130 e. The molecule has 0 bridgehead atoms. The first-order valence-electron chi connectivity index (χ1n) is 7.77. The fourth-order valence-electron chi connectivity index (χ4n) is 2.69. The van der Waals surface area contributed by atoms with Crippen LogP contribution in [0, 0.1) is 5.41 Å². The van der Waals surface area contributed by atoms with Crippen molar-refractivity contribution in [1.82, 2.24) is 9.80 Å². The van der Waals surface area contributed by atoms with E-state index in [1.165, 1.54) is 0 Å². The van der Waals surface area contributed by atoms with Gasteiger partial charge in [0.15, 0.2) is 0 Å². The smallest absolute Gasteiger partial charge is 0.130 e. The molecule has 0 saturated carbocycles. The number of likely N-dealkylation sites (N-methyl/N-ethyl adjacent to an activating group) is 1. The van der Waals surface area contributed by atoms with E-state index in [4.69, 9.17) is 17.0 Å². The highest BCUT2D eigenvalue weighted by molar-refractivity contribution is 6.30. The molecule has 1 heterocycles. The van der Waals surface area contributed by atoms with Crippen molar-refractivity contribution < 1.29 is 0 Å². The summed E-state index contributed by atoms with van der Waals surface area (Å²) >= 11 is 5.94. The number of anilines is 2. The zero-order chi connectivity index (χ0) is 16.2. The predicted octanol–water partition coefficient (Wildman–Crippen LogP) is 3.66. The zero-order valence-corrected chi connectivity index (χ0v) is 14.0. The van der Waals surface area contributed by atoms with Crippen LogP contribution in [-0.4, -0.2) is 48.9 Å². The van der Waals surface area contributed by atoms with Gasteiger partial charge >= 0.3 is 0 Å². The summed E-state index contributed by atoms with van der Waals surface area (Å²) < 4.78 is 0. The van der Waals surface area contributed by atoms with E-state index in [0.717, 1.165) is 43.1 Å². The SMILES string of the molecule is CN1CCN(C(=N)c2ccccc2Nc2ccc(Cl)cc2)CC1. The molecule has 120 valence electrons. The number of nitrogens with one attached hydrogen (secondary N) is 2. The quantitative estimate of drug-likeness (QED) is 0.667. The van der Waals surface area contributed by atoms with Crippen LogP contribution in [0.4, 0.5) is 11.4 Å². The highest BCUT2D eigenvalue weighted by atomic mass is 35.5. The van der Waals surface area contributed by atoms with Crippen LogP contribution in [0.15, 0.2) is 48.5 Å². The monoisotopic (exact) mass is 328 g/mol. The molecule has 1 fully saturated rings. The van der Waals surface area contributed by atoms with Crippen molar-refractivity contribution in [2.24, 2.45) is 0 Å². The molecule has 1 saturated heterocycles. The molecule has 0 amide bonds. The van der Waals surface area contributed by atoms with E-state index in [9.17, 15) is 0 Å². The Morgan fingerprint density at radius 2 is 1.65 bits per heavy atom. The van der Waals surface area contributed by atoms with Crippen LogP contribution in [0.25, 0.3) is 0 Å². The van der Waals surface area contributed by atoms with Gasteiger partial charge in [-0.1, -0.05) is 23.7 Å². The van der Waals surface area contributed by atoms with Crippen LogP contribution in [0.3, 0.4) is 0 Å². The minimum absolute atomic E-state index is 0.579. The molecule has 2 N–H and O–H groups in total. The van der Waals surface area contributed by atoms with Crippen molar-refractivity contribution in [2.75, 3.05) is 38.5 Å². The van der Waals surface area contributed by atoms with Crippen LogP contribution >= 0.6 is 11.6 Å². The Kier molecular flexibility index (Phi) is 4.84. The first kappa shape index (κ1) is 15.8. The molecule has 23 heavy (non-hydrogen) atoms. The molecular formula is C18H21ClN4. The highest BCUT2D eigenvalue weighted by Crippen LogP contribution is 2.23. The van der Waals surface area contributed by atoms with Crippen LogP contribution < -0.4 is 5.32 Å². The molecule has 0 radical (unpaired) electrons. The average molecular weight is 329 g/mol. The molecule has 0 spiro atoms. The standard InChI is InChI=1S/C18H21ClN4/c1-22-10-12-23(13-11-22)18(20)16-4-2-3-5-17(16)21-15-8-6-14(19)7-9-15/h2-9,20-21H,10-13H2,1H3. The molecule has 0 unspecified atom stereocenters. The normalized spacial score (nSPS) is 15.5. The summed E-state index contributed by atoms with van der Waals surface area (Å²) in [6.07, 6.45) is 0. The summed E-state index contributed by atoms with van der Waals surface area (Å²) in [5.41, 5.74) is 2.83. The van der Waals surface area contributed by atoms with E-state index in [1.807, 2.05) is 48.5 Å². The molecule has 2 aromatic carbocycles. The van der Waals surface area contributed by atoms with Crippen molar-refractivity contribution >= 4 is 28.8 Å². The lowest BCUT2D eigenvalue weighted by atomic mass is 10.1. The van der Waals surface area contributed by atoms with Crippen LogP contribution in [0.2, 0.25) is 5.02 Å². The van der Waals surface area contributed by atoms with Gasteiger partial charge in [-0.3, -0.25) is 5.41 Å². The van der Waals surface area contributed by atoms with Gasteiger partial charge < -0.3 is 15.1 Å². The minimum atomic E-state index is 0.579. The maximum absolute atomic E-state index is 8.58. The Morgan fingerprint density at radius 1 is 1.00 bits per heavy atom. The van der Waals surface area contributed by atoms with Crippen molar-refractivity contribution in [3.63, 3.8) is 0 Å². The lowest BCUT2D eigenvalue weighted by molar-refractivity contribution is 0.215. The van der Waals surface area contributed by atoms with Gasteiger partial charge in [0.05, 0.1) is 0 Å². The zero-order valence-electron chi connectivity index (χ0n) is 13.2. The Morgan fingerprint density at radius 3 is 2.35 bits per heavy atom. The maximum atomic E-state index is 8.58. The second-order valence-corrected chi connectivity index (χ2v) is 6.25.